The maximum absolute atomic E-state index is 12.3. The molecule has 0 saturated heterocycles. The normalized spacial score (nSPS) is 10.9. The van der Waals surface area contributed by atoms with Gasteiger partial charge in [-0.1, -0.05) is 6.92 Å². The number of rotatable bonds is 7. The van der Waals surface area contributed by atoms with Gasteiger partial charge >= 0.3 is 5.97 Å². The van der Waals surface area contributed by atoms with E-state index in [1.54, 1.807) is 4.52 Å². The number of nitrogens with zero attached hydrogens (tertiary/aromatic N) is 5. The zero-order valence-electron chi connectivity index (χ0n) is 13.6. The Labute approximate surface area is 134 Å². The Morgan fingerprint density at radius 2 is 2.09 bits per heavy atom. The van der Waals surface area contributed by atoms with Crippen LogP contribution in [-0.2, 0) is 16.0 Å². The number of aryl methyl sites for hydroxylation is 2. The predicted molar refractivity (Wildman–Crippen MR) is 83.1 cm³/mol. The lowest BCUT2D eigenvalue weighted by Gasteiger charge is -2.20. The summed E-state index contributed by atoms with van der Waals surface area (Å²) >= 11 is 0. The van der Waals surface area contributed by atoms with Crippen LogP contribution in [-0.4, -0.2) is 54.6 Å². The molecule has 0 aliphatic rings. The van der Waals surface area contributed by atoms with Gasteiger partial charge in [0, 0.05) is 24.4 Å². The van der Waals surface area contributed by atoms with Crippen molar-refractivity contribution in [2.75, 3.05) is 13.1 Å². The monoisotopic (exact) mass is 319 g/mol. The summed E-state index contributed by atoms with van der Waals surface area (Å²) in [6.07, 6.45) is 2.92. The van der Waals surface area contributed by atoms with Crippen molar-refractivity contribution in [2.45, 2.75) is 40.0 Å². The molecule has 124 valence electrons. The molecule has 0 aromatic carbocycles. The van der Waals surface area contributed by atoms with Crippen molar-refractivity contribution in [2.24, 2.45) is 0 Å². The summed E-state index contributed by atoms with van der Waals surface area (Å²) in [5, 5.41) is 13.0. The van der Waals surface area contributed by atoms with E-state index in [0.29, 0.717) is 18.7 Å². The van der Waals surface area contributed by atoms with Gasteiger partial charge in [0.15, 0.2) is 0 Å². The lowest BCUT2D eigenvalue weighted by molar-refractivity contribution is -0.144. The van der Waals surface area contributed by atoms with Crippen LogP contribution in [0.15, 0.2) is 6.33 Å². The first kappa shape index (κ1) is 16.9. The summed E-state index contributed by atoms with van der Waals surface area (Å²) in [4.78, 5) is 33.0. The predicted octanol–water partition coefficient (Wildman–Crippen LogP) is 0.997. The average molecular weight is 319 g/mol. The quantitative estimate of drug-likeness (QED) is 0.817. The summed E-state index contributed by atoms with van der Waals surface area (Å²) in [7, 11) is 0. The maximum atomic E-state index is 12.3. The number of aliphatic carboxylic acids is 1. The lowest BCUT2D eigenvalue weighted by Crippen LogP contribution is -2.36. The summed E-state index contributed by atoms with van der Waals surface area (Å²) in [6.45, 7) is 5.90. The number of aromatic nitrogens is 4. The number of carbonyl (C=O) groups is 2. The minimum absolute atomic E-state index is 0.160. The first-order valence-corrected chi connectivity index (χ1v) is 7.59. The molecule has 0 radical (unpaired) electrons. The second kappa shape index (κ2) is 7.17. The fourth-order valence-electron chi connectivity index (χ4n) is 2.63. The Morgan fingerprint density at radius 1 is 1.35 bits per heavy atom. The molecule has 0 unspecified atom stereocenters. The van der Waals surface area contributed by atoms with E-state index in [-0.39, 0.29) is 18.9 Å². The molecular formula is C15H21N5O3. The highest BCUT2D eigenvalue weighted by atomic mass is 16.4. The third-order valence-corrected chi connectivity index (χ3v) is 3.75. The SMILES string of the molecule is CCCN(CC(=O)O)C(=O)CCc1c(C)nc2ncnn2c1C. The van der Waals surface area contributed by atoms with Crippen molar-refractivity contribution in [1.82, 2.24) is 24.5 Å². The van der Waals surface area contributed by atoms with Crippen LogP contribution in [0.4, 0.5) is 0 Å². The van der Waals surface area contributed by atoms with Gasteiger partial charge in [-0.15, -0.1) is 0 Å². The Balaban J connectivity index is 2.13. The van der Waals surface area contributed by atoms with Crippen LogP contribution in [0.1, 0.15) is 36.7 Å². The van der Waals surface area contributed by atoms with Crippen LogP contribution in [0.2, 0.25) is 0 Å². The molecule has 1 N–H and O–H groups in total. The highest BCUT2D eigenvalue weighted by molar-refractivity contribution is 5.81. The smallest absolute Gasteiger partial charge is 0.323 e. The van der Waals surface area contributed by atoms with Gasteiger partial charge in [0.05, 0.1) is 0 Å². The van der Waals surface area contributed by atoms with E-state index in [0.717, 1.165) is 23.4 Å². The highest BCUT2D eigenvalue weighted by Gasteiger charge is 2.18. The molecule has 8 heteroatoms. The Bertz CT molecular complexity index is 725. The molecule has 0 aliphatic carbocycles. The molecule has 1 amide bonds. The fourth-order valence-corrected chi connectivity index (χ4v) is 2.63. The Morgan fingerprint density at radius 3 is 2.74 bits per heavy atom. The van der Waals surface area contributed by atoms with E-state index in [1.807, 2.05) is 20.8 Å². The summed E-state index contributed by atoms with van der Waals surface area (Å²) in [5.41, 5.74) is 2.66. The van der Waals surface area contributed by atoms with Crippen molar-refractivity contribution < 1.29 is 14.7 Å². The largest absolute Gasteiger partial charge is 0.480 e. The molecule has 0 saturated carbocycles. The first-order valence-electron chi connectivity index (χ1n) is 7.59. The molecule has 23 heavy (non-hydrogen) atoms. The van der Waals surface area contributed by atoms with E-state index in [2.05, 4.69) is 15.1 Å². The number of carbonyl (C=O) groups excluding carboxylic acids is 1. The lowest BCUT2D eigenvalue weighted by atomic mass is 10.1. The molecule has 0 bridgehead atoms. The molecular weight excluding hydrogens is 298 g/mol. The van der Waals surface area contributed by atoms with Crippen LogP contribution >= 0.6 is 0 Å². The zero-order valence-corrected chi connectivity index (χ0v) is 13.6. The van der Waals surface area contributed by atoms with Gasteiger partial charge in [-0.2, -0.15) is 10.1 Å². The van der Waals surface area contributed by atoms with Crippen LogP contribution < -0.4 is 0 Å². The van der Waals surface area contributed by atoms with Gasteiger partial charge in [-0.25, -0.2) is 9.50 Å². The minimum Gasteiger partial charge on any atom is -0.480 e. The van der Waals surface area contributed by atoms with Gasteiger partial charge in [-0.05, 0) is 32.3 Å². The van der Waals surface area contributed by atoms with Crippen molar-refractivity contribution in [3.05, 3.63) is 23.3 Å². The van der Waals surface area contributed by atoms with E-state index < -0.39 is 5.97 Å². The van der Waals surface area contributed by atoms with Crippen molar-refractivity contribution in [3.63, 3.8) is 0 Å². The third kappa shape index (κ3) is 3.82. The van der Waals surface area contributed by atoms with Crippen molar-refractivity contribution in [1.29, 1.82) is 0 Å². The Kier molecular flexibility index (Phi) is 5.25. The van der Waals surface area contributed by atoms with Crippen LogP contribution in [0, 0.1) is 13.8 Å². The summed E-state index contributed by atoms with van der Waals surface area (Å²) < 4.78 is 1.65. The third-order valence-electron chi connectivity index (χ3n) is 3.75. The summed E-state index contributed by atoms with van der Waals surface area (Å²) in [6, 6.07) is 0. The number of hydrogen-bond acceptors (Lipinski definition) is 5. The van der Waals surface area contributed by atoms with Crippen molar-refractivity contribution in [3.8, 4) is 0 Å². The van der Waals surface area contributed by atoms with Crippen LogP contribution in [0.5, 0.6) is 0 Å². The van der Waals surface area contributed by atoms with Crippen molar-refractivity contribution >= 4 is 17.7 Å². The second-order valence-corrected chi connectivity index (χ2v) is 5.44. The molecule has 0 spiro atoms. The van der Waals surface area contributed by atoms with E-state index in [1.165, 1.54) is 11.2 Å². The van der Waals surface area contributed by atoms with Gasteiger partial charge < -0.3 is 10.0 Å². The number of fused-ring (bicyclic) bond motifs is 1. The number of hydrogen-bond donors (Lipinski definition) is 1. The number of amides is 1. The molecule has 0 aliphatic heterocycles. The molecule has 2 aromatic rings. The topological polar surface area (TPSA) is 101 Å². The Hall–Kier alpha value is -2.51. The standard InChI is InChI=1S/C15H21N5O3/c1-4-7-19(8-14(22)23)13(21)6-5-12-10(2)18-15-16-9-17-20(15)11(12)3/h9H,4-8H2,1-3H3,(H,22,23). The van der Waals surface area contributed by atoms with Gasteiger partial charge in [0.1, 0.15) is 12.9 Å². The first-order chi connectivity index (χ1) is 10.9. The molecule has 8 nitrogen and oxygen atoms in total. The zero-order chi connectivity index (χ0) is 17.0. The number of carboxylic acids is 1. The number of carboxylic acid groups (broad SMARTS) is 1. The second-order valence-electron chi connectivity index (χ2n) is 5.44. The molecule has 0 atom stereocenters. The van der Waals surface area contributed by atoms with E-state index in [9.17, 15) is 9.59 Å². The van der Waals surface area contributed by atoms with Crippen LogP contribution in [0.25, 0.3) is 5.78 Å². The molecule has 0 fully saturated rings. The van der Waals surface area contributed by atoms with E-state index >= 15 is 0 Å². The summed E-state index contributed by atoms with van der Waals surface area (Å²) in [5.74, 6) is -0.620. The molecule has 2 heterocycles. The molecule has 2 rings (SSSR count). The highest BCUT2D eigenvalue weighted by Crippen LogP contribution is 2.15. The van der Waals surface area contributed by atoms with Crippen LogP contribution in [0.3, 0.4) is 0 Å². The molecule has 2 aromatic heterocycles. The van der Waals surface area contributed by atoms with Gasteiger partial charge in [0.25, 0.3) is 5.78 Å². The van der Waals surface area contributed by atoms with E-state index in [4.69, 9.17) is 5.11 Å². The van der Waals surface area contributed by atoms with Gasteiger partial charge in [-0.3, -0.25) is 9.59 Å². The minimum atomic E-state index is -0.995. The van der Waals surface area contributed by atoms with Gasteiger partial charge in [0.2, 0.25) is 5.91 Å². The maximum Gasteiger partial charge on any atom is 0.323 e. The average Bonchev–Trinajstić information content (AvgIpc) is 2.94. The fraction of sp³-hybridized carbons (Fsp3) is 0.533.